The Kier molecular flexibility index (Phi) is 8.71. The molecule has 5 rings (SSSR count). The van der Waals surface area contributed by atoms with E-state index in [1.54, 1.807) is 12.0 Å². The molecule has 0 saturated carbocycles. The van der Waals surface area contributed by atoms with Gasteiger partial charge in [-0.05, 0) is 74.6 Å². The smallest absolute Gasteiger partial charge is 0.321 e. The number of carbonyl (C=O) groups excluding carboxylic acids is 1. The van der Waals surface area contributed by atoms with Crippen molar-refractivity contribution in [3.05, 3.63) is 95.6 Å². The van der Waals surface area contributed by atoms with Crippen molar-refractivity contribution in [1.82, 2.24) is 14.7 Å². The van der Waals surface area contributed by atoms with Gasteiger partial charge in [0.25, 0.3) is 0 Å². The highest BCUT2D eigenvalue weighted by Gasteiger charge is 2.50. The first-order valence-electron chi connectivity index (χ1n) is 13.9. The summed E-state index contributed by atoms with van der Waals surface area (Å²) in [5, 5.41) is 13.7. The summed E-state index contributed by atoms with van der Waals surface area (Å²) in [7, 11) is 5.81. The van der Waals surface area contributed by atoms with Gasteiger partial charge in [-0.25, -0.2) is 4.79 Å². The number of hydrogen-bond donors (Lipinski definition) is 2. The lowest BCUT2D eigenvalue weighted by atomic mass is 9.73. The average Bonchev–Trinajstić information content (AvgIpc) is 2.95. The number of fused-ring (bicyclic) bond motifs is 1. The molecule has 2 fully saturated rings. The number of aliphatic hydroxyl groups excluding tert-OH is 1. The fourth-order valence-corrected chi connectivity index (χ4v) is 5.84. The average molecular weight is 539 g/mol. The van der Waals surface area contributed by atoms with Crippen LogP contribution in [0.15, 0.2) is 78.9 Å². The summed E-state index contributed by atoms with van der Waals surface area (Å²) in [6.07, 6.45) is 0.0668. The van der Waals surface area contributed by atoms with Crippen LogP contribution in [0, 0.1) is 11.8 Å². The maximum Gasteiger partial charge on any atom is 0.321 e. The SMILES string of the molecule is COc1ccc(NC(=O)N2CC(O)CCN3C(C2)C(c2ccc(C#Cc4ccccc4)cc2)[C@H]3CN(C)C)cc1. The zero-order chi connectivity index (χ0) is 28.1. The van der Waals surface area contributed by atoms with Gasteiger partial charge in [0.05, 0.1) is 13.2 Å². The number of ether oxygens (including phenoxy) is 1. The van der Waals surface area contributed by atoms with Gasteiger partial charge in [-0.3, -0.25) is 4.90 Å². The van der Waals surface area contributed by atoms with Gasteiger partial charge in [-0.2, -0.15) is 0 Å². The number of hydrogen-bond acceptors (Lipinski definition) is 5. The molecule has 7 nitrogen and oxygen atoms in total. The summed E-state index contributed by atoms with van der Waals surface area (Å²) in [4.78, 5) is 19.8. The van der Waals surface area contributed by atoms with Gasteiger partial charge < -0.3 is 25.0 Å². The van der Waals surface area contributed by atoms with Crippen LogP contribution in [-0.2, 0) is 0 Å². The lowest BCUT2D eigenvalue weighted by Crippen LogP contribution is -2.69. The maximum atomic E-state index is 13.4. The third-order valence-electron chi connectivity index (χ3n) is 7.84. The number of urea groups is 1. The largest absolute Gasteiger partial charge is 0.497 e. The first-order chi connectivity index (χ1) is 19.4. The molecule has 2 aliphatic heterocycles. The van der Waals surface area contributed by atoms with Crippen LogP contribution in [-0.4, -0.2) is 91.4 Å². The second kappa shape index (κ2) is 12.6. The van der Waals surface area contributed by atoms with Crippen molar-refractivity contribution in [3.8, 4) is 17.6 Å². The Morgan fingerprint density at radius 3 is 2.30 bits per heavy atom. The number of benzene rings is 3. The number of rotatable bonds is 5. The van der Waals surface area contributed by atoms with Crippen LogP contribution in [0.1, 0.15) is 29.0 Å². The zero-order valence-corrected chi connectivity index (χ0v) is 23.5. The van der Waals surface area contributed by atoms with Crippen molar-refractivity contribution in [2.45, 2.75) is 30.5 Å². The van der Waals surface area contributed by atoms with Gasteiger partial charge in [-0.1, -0.05) is 42.2 Å². The van der Waals surface area contributed by atoms with E-state index in [0.717, 1.165) is 30.0 Å². The highest BCUT2D eigenvalue weighted by atomic mass is 16.5. The molecule has 0 bridgehead atoms. The quantitative estimate of drug-likeness (QED) is 0.479. The summed E-state index contributed by atoms with van der Waals surface area (Å²) in [6, 6.07) is 26.1. The molecule has 3 aromatic carbocycles. The monoisotopic (exact) mass is 538 g/mol. The Hall–Kier alpha value is -3.83. The second-order valence-corrected chi connectivity index (χ2v) is 10.9. The number of likely N-dealkylation sites (N-methyl/N-ethyl adjacent to an activating group) is 1. The molecule has 0 aromatic heterocycles. The van der Waals surface area contributed by atoms with Gasteiger partial charge in [0, 0.05) is 61.0 Å². The van der Waals surface area contributed by atoms with Crippen molar-refractivity contribution in [2.75, 3.05) is 52.7 Å². The standard InChI is InChI=1S/C33H38N4O3/c1-35(2)22-30-32(26-13-11-25(12-14-26)10-9-24-7-5-4-6-8-24)31-23-36(21-28(38)19-20-37(30)31)33(39)34-27-15-17-29(40-3)18-16-27/h4-8,11-18,28,30-32,38H,19-23H2,1-3H3,(H,34,39)/t28?,30-,31?,32?/m1/s1. The number of carbonyl (C=O) groups is 1. The molecule has 0 radical (unpaired) electrons. The van der Waals surface area contributed by atoms with E-state index in [1.807, 2.05) is 54.6 Å². The van der Waals surface area contributed by atoms with E-state index in [2.05, 4.69) is 65.3 Å². The first-order valence-corrected chi connectivity index (χ1v) is 13.9. The number of β-amino-alcohol motifs (C(OH)–C–C–N with tert-alkyl or cyclic N) is 1. The van der Waals surface area contributed by atoms with E-state index in [4.69, 9.17) is 4.74 Å². The Morgan fingerprint density at radius 2 is 1.65 bits per heavy atom. The Balaban J connectivity index is 1.35. The summed E-state index contributed by atoms with van der Waals surface area (Å²) in [6.45, 7) is 2.58. The first kappa shape index (κ1) is 27.7. The van der Waals surface area contributed by atoms with E-state index >= 15 is 0 Å². The molecule has 2 aliphatic rings. The minimum absolute atomic E-state index is 0.167. The summed E-state index contributed by atoms with van der Waals surface area (Å²) in [5.41, 5.74) is 3.93. The van der Waals surface area contributed by atoms with Crippen LogP contribution >= 0.6 is 0 Å². The van der Waals surface area contributed by atoms with Crippen LogP contribution in [0.3, 0.4) is 0 Å². The molecule has 2 amide bonds. The van der Waals surface area contributed by atoms with Crippen molar-refractivity contribution in [3.63, 3.8) is 0 Å². The number of nitrogens with one attached hydrogen (secondary N) is 1. The van der Waals surface area contributed by atoms with Crippen LogP contribution in [0.25, 0.3) is 0 Å². The number of methoxy groups -OCH3 is 1. The van der Waals surface area contributed by atoms with Crippen molar-refractivity contribution >= 4 is 11.7 Å². The van der Waals surface area contributed by atoms with Crippen LogP contribution in [0.4, 0.5) is 10.5 Å². The number of nitrogens with zero attached hydrogens (tertiary/aromatic N) is 3. The highest BCUT2D eigenvalue weighted by molar-refractivity contribution is 5.89. The fourth-order valence-electron chi connectivity index (χ4n) is 5.84. The molecule has 4 atom stereocenters. The number of aliphatic hydroxyl groups is 1. The lowest BCUT2D eigenvalue weighted by Gasteiger charge is -2.58. The van der Waals surface area contributed by atoms with E-state index in [9.17, 15) is 9.90 Å². The van der Waals surface area contributed by atoms with Crippen LogP contribution < -0.4 is 10.1 Å². The Bertz CT molecular complexity index is 1330. The van der Waals surface area contributed by atoms with E-state index in [-0.39, 0.29) is 18.0 Å². The maximum absolute atomic E-state index is 13.4. The Labute approximate surface area is 237 Å². The third kappa shape index (κ3) is 6.48. The van der Waals surface area contributed by atoms with E-state index < -0.39 is 6.10 Å². The van der Waals surface area contributed by atoms with Gasteiger partial charge in [-0.15, -0.1) is 0 Å². The van der Waals surface area contributed by atoms with Gasteiger partial charge in [0.1, 0.15) is 5.75 Å². The molecule has 40 heavy (non-hydrogen) atoms. The number of amides is 2. The van der Waals surface area contributed by atoms with Gasteiger partial charge in [0.2, 0.25) is 0 Å². The second-order valence-electron chi connectivity index (χ2n) is 10.9. The van der Waals surface area contributed by atoms with Crippen LogP contribution in [0.5, 0.6) is 5.75 Å². The minimum atomic E-state index is -0.566. The zero-order valence-electron chi connectivity index (χ0n) is 23.5. The molecule has 2 heterocycles. The van der Waals surface area contributed by atoms with E-state index in [1.165, 1.54) is 5.56 Å². The van der Waals surface area contributed by atoms with Crippen LogP contribution in [0.2, 0.25) is 0 Å². The minimum Gasteiger partial charge on any atom is -0.497 e. The molecular formula is C33H38N4O3. The Morgan fingerprint density at radius 1 is 0.975 bits per heavy atom. The molecule has 2 N–H and O–H groups in total. The molecule has 3 unspecified atom stereocenters. The molecule has 0 aliphatic carbocycles. The summed E-state index contributed by atoms with van der Waals surface area (Å²) >= 11 is 0. The molecule has 2 saturated heterocycles. The number of anilines is 1. The summed E-state index contributed by atoms with van der Waals surface area (Å²) < 4.78 is 5.23. The predicted molar refractivity (Wildman–Crippen MR) is 159 cm³/mol. The topological polar surface area (TPSA) is 68.3 Å². The molecule has 3 aromatic rings. The molecule has 0 spiro atoms. The highest BCUT2D eigenvalue weighted by Crippen LogP contribution is 2.42. The van der Waals surface area contributed by atoms with Gasteiger partial charge in [0.15, 0.2) is 0 Å². The summed E-state index contributed by atoms with van der Waals surface area (Å²) in [5.74, 6) is 7.51. The van der Waals surface area contributed by atoms with Crippen molar-refractivity contribution in [2.24, 2.45) is 0 Å². The van der Waals surface area contributed by atoms with Crippen molar-refractivity contribution < 1.29 is 14.6 Å². The normalized spacial score (nSPS) is 22.7. The predicted octanol–water partition coefficient (Wildman–Crippen LogP) is 4.09. The van der Waals surface area contributed by atoms with Crippen molar-refractivity contribution in [1.29, 1.82) is 0 Å². The molecular weight excluding hydrogens is 500 g/mol. The lowest BCUT2D eigenvalue weighted by molar-refractivity contribution is -0.0605. The molecule has 7 heteroatoms. The molecule has 208 valence electrons. The fraction of sp³-hybridized carbons (Fsp3) is 0.364. The third-order valence-corrected chi connectivity index (χ3v) is 7.84. The van der Waals surface area contributed by atoms with Gasteiger partial charge >= 0.3 is 6.03 Å². The van der Waals surface area contributed by atoms with E-state index in [0.29, 0.717) is 31.2 Å².